The Morgan fingerprint density at radius 1 is 1.36 bits per heavy atom. The number of hydrogen-bond donors (Lipinski definition) is 0. The van der Waals surface area contributed by atoms with E-state index in [2.05, 4.69) is 0 Å². The van der Waals surface area contributed by atoms with E-state index in [9.17, 15) is 4.79 Å². The van der Waals surface area contributed by atoms with Gasteiger partial charge in [0.05, 0.1) is 0 Å². The summed E-state index contributed by atoms with van der Waals surface area (Å²) in [6.45, 7) is 6.71. The van der Waals surface area contributed by atoms with Gasteiger partial charge in [-0.2, -0.15) is 0 Å². The molecule has 0 aromatic carbocycles. The second kappa shape index (κ2) is 5.20. The van der Waals surface area contributed by atoms with E-state index in [-0.39, 0.29) is 7.02 Å². The molecule has 0 aromatic heterocycles. The van der Waals surface area contributed by atoms with Crippen LogP contribution in [0.2, 0.25) is 0 Å². The molecule has 0 saturated carbocycles. The van der Waals surface area contributed by atoms with Crippen molar-refractivity contribution in [3.8, 4) is 0 Å². The zero-order valence-corrected chi connectivity index (χ0v) is 9.83. The quantitative estimate of drug-likeness (QED) is 0.695. The molecule has 0 aliphatic carbocycles. The molecule has 0 unspecified atom stereocenters. The minimum atomic E-state index is -0.497. The van der Waals surface area contributed by atoms with E-state index >= 15 is 0 Å². The summed E-state index contributed by atoms with van der Waals surface area (Å²) in [5.74, 6) is 0. The maximum absolute atomic E-state index is 11.6. The van der Waals surface area contributed by atoms with Crippen molar-refractivity contribution in [2.24, 2.45) is 0 Å². The average molecular weight is 203 g/mol. The number of nitrogens with zero attached hydrogens (tertiary/aromatic N) is 2. The van der Waals surface area contributed by atoms with Gasteiger partial charge in [0.25, 0.3) is 0 Å². The van der Waals surface area contributed by atoms with Crippen LogP contribution in [0.3, 0.4) is 0 Å². The summed E-state index contributed by atoms with van der Waals surface area (Å²) in [5, 5.41) is 0. The standard InChI is InChI=1S/C10H22N2O2/c1-10(2,3)14-9(13)12(6)8-7-11(4)5/h7-8H2,1-6H3/i6D. The molecule has 0 aliphatic heterocycles. The second-order valence-electron chi connectivity index (χ2n) is 4.55. The van der Waals surface area contributed by atoms with Crippen molar-refractivity contribution in [2.75, 3.05) is 34.2 Å². The molecule has 0 rings (SSSR count). The van der Waals surface area contributed by atoms with Gasteiger partial charge < -0.3 is 14.5 Å². The lowest BCUT2D eigenvalue weighted by atomic mass is 10.2. The maximum Gasteiger partial charge on any atom is 0.410 e. The SMILES string of the molecule is [2H]CN(CCN(C)C)C(=O)OC(C)(C)C. The summed E-state index contributed by atoms with van der Waals surface area (Å²) in [6, 6.07) is 0. The minimum Gasteiger partial charge on any atom is -0.444 e. The lowest BCUT2D eigenvalue weighted by molar-refractivity contribution is 0.0290. The normalized spacial score (nSPS) is 12.6. The zero-order chi connectivity index (χ0) is 12.1. The lowest BCUT2D eigenvalue weighted by Gasteiger charge is -2.25. The van der Waals surface area contributed by atoms with Gasteiger partial charge in [-0.3, -0.25) is 0 Å². The van der Waals surface area contributed by atoms with Gasteiger partial charge in [-0.1, -0.05) is 0 Å². The Hall–Kier alpha value is -0.770. The van der Waals surface area contributed by atoms with Gasteiger partial charge in [0.2, 0.25) is 0 Å². The fourth-order valence-electron chi connectivity index (χ4n) is 0.738. The topological polar surface area (TPSA) is 32.8 Å². The Morgan fingerprint density at radius 2 is 1.93 bits per heavy atom. The molecule has 0 atom stereocenters. The highest BCUT2D eigenvalue weighted by Crippen LogP contribution is 2.08. The third kappa shape index (κ3) is 6.71. The largest absolute Gasteiger partial charge is 0.444 e. The molecule has 0 bridgehead atoms. The van der Waals surface area contributed by atoms with Crippen molar-refractivity contribution < 1.29 is 10.9 Å². The summed E-state index contributed by atoms with van der Waals surface area (Å²) >= 11 is 0. The van der Waals surface area contributed by atoms with Crippen molar-refractivity contribution in [2.45, 2.75) is 26.4 Å². The first-order chi connectivity index (χ1) is 6.76. The number of likely N-dealkylation sites (N-methyl/N-ethyl adjacent to an activating group) is 2. The molecule has 14 heavy (non-hydrogen) atoms. The van der Waals surface area contributed by atoms with Crippen LogP contribution in [0.15, 0.2) is 0 Å². The number of ether oxygens (including phenoxy) is 1. The van der Waals surface area contributed by atoms with Gasteiger partial charge in [-0.15, -0.1) is 0 Å². The molecule has 84 valence electrons. The molecule has 0 aliphatic rings. The van der Waals surface area contributed by atoms with Gasteiger partial charge in [-0.05, 0) is 34.9 Å². The third-order valence-corrected chi connectivity index (χ3v) is 1.47. The Labute approximate surface area is 88.2 Å². The van der Waals surface area contributed by atoms with Crippen LogP contribution in [0.1, 0.15) is 22.1 Å². The monoisotopic (exact) mass is 203 g/mol. The van der Waals surface area contributed by atoms with Crippen molar-refractivity contribution in [3.05, 3.63) is 0 Å². The molecule has 0 N–H and O–H groups in total. The first kappa shape index (κ1) is 11.3. The second-order valence-corrected chi connectivity index (χ2v) is 4.55. The third-order valence-electron chi connectivity index (χ3n) is 1.47. The highest BCUT2D eigenvalue weighted by atomic mass is 16.6. The Kier molecular flexibility index (Phi) is 4.20. The van der Waals surface area contributed by atoms with Gasteiger partial charge in [0.1, 0.15) is 5.60 Å². The molecule has 0 radical (unpaired) electrons. The first-order valence-electron chi connectivity index (χ1n) is 5.39. The Bertz CT molecular complexity index is 202. The average Bonchev–Trinajstić information content (AvgIpc) is 2.01. The van der Waals surface area contributed by atoms with Crippen molar-refractivity contribution in [1.29, 1.82) is 0 Å². The lowest BCUT2D eigenvalue weighted by Crippen LogP contribution is -2.37. The van der Waals surface area contributed by atoms with Crippen LogP contribution < -0.4 is 0 Å². The molecule has 1 amide bonds. The Balaban J connectivity index is 4.11. The van der Waals surface area contributed by atoms with E-state index in [4.69, 9.17) is 6.11 Å². The van der Waals surface area contributed by atoms with Crippen molar-refractivity contribution in [3.63, 3.8) is 0 Å². The predicted octanol–water partition coefficient (Wildman–Crippen LogP) is 1.41. The highest BCUT2D eigenvalue weighted by molar-refractivity contribution is 5.67. The van der Waals surface area contributed by atoms with Gasteiger partial charge in [-0.25, -0.2) is 4.79 Å². The van der Waals surface area contributed by atoms with Crippen LogP contribution in [-0.2, 0) is 4.74 Å². The fraction of sp³-hybridized carbons (Fsp3) is 0.900. The summed E-state index contributed by atoms with van der Waals surface area (Å²) < 4.78 is 12.4. The van der Waals surface area contributed by atoms with E-state index in [1.807, 2.05) is 39.8 Å². The maximum atomic E-state index is 11.6. The first-order valence-corrected chi connectivity index (χ1v) is 4.68. The zero-order valence-electron chi connectivity index (χ0n) is 10.8. The number of rotatable bonds is 3. The number of carbonyl (C=O) groups excluding carboxylic acids is 1. The van der Waals surface area contributed by atoms with Crippen LogP contribution >= 0.6 is 0 Å². The van der Waals surface area contributed by atoms with Crippen LogP contribution in [0.4, 0.5) is 4.79 Å². The molecule has 4 nitrogen and oxygen atoms in total. The molecule has 0 heterocycles. The van der Waals surface area contributed by atoms with Crippen LogP contribution in [0, 0.1) is 0 Å². The molecule has 0 fully saturated rings. The van der Waals surface area contributed by atoms with Crippen molar-refractivity contribution in [1.82, 2.24) is 9.80 Å². The molecular formula is C10H22N2O2. The summed E-state index contributed by atoms with van der Waals surface area (Å²) in [6.07, 6.45) is -0.417. The van der Waals surface area contributed by atoms with Crippen molar-refractivity contribution >= 4 is 6.09 Å². The van der Waals surface area contributed by atoms with Crippen LogP contribution in [-0.4, -0.2) is 55.7 Å². The van der Waals surface area contributed by atoms with E-state index in [0.717, 1.165) is 6.54 Å². The highest BCUT2D eigenvalue weighted by Gasteiger charge is 2.19. The number of hydrogen-bond acceptors (Lipinski definition) is 3. The van der Waals surface area contributed by atoms with Gasteiger partial charge in [0.15, 0.2) is 0 Å². The molecule has 0 saturated heterocycles. The molecule has 0 aromatic rings. The smallest absolute Gasteiger partial charge is 0.410 e. The fourth-order valence-corrected chi connectivity index (χ4v) is 0.738. The van der Waals surface area contributed by atoms with E-state index < -0.39 is 11.7 Å². The van der Waals surface area contributed by atoms with Crippen LogP contribution in [0.5, 0.6) is 0 Å². The van der Waals surface area contributed by atoms with Gasteiger partial charge >= 0.3 is 6.09 Å². The van der Waals surface area contributed by atoms with Crippen LogP contribution in [0.25, 0.3) is 0 Å². The molecule has 0 spiro atoms. The molecule has 4 heteroatoms. The predicted molar refractivity (Wildman–Crippen MR) is 57.4 cm³/mol. The van der Waals surface area contributed by atoms with E-state index in [1.54, 1.807) is 0 Å². The molecular weight excluding hydrogens is 180 g/mol. The summed E-state index contributed by atoms with van der Waals surface area (Å²) in [7, 11) is 3.79. The van der Waals surface area contributed by atoms with Gasteiger partial charge in [0, 0.05) is 21.5 Å². The van der Waals surface area contributed by atoms with E-state index in [0.29, 0.717) is 6.54 Å². The number of carbonyl (C=O) groups is 1. The summed E-state index contributed by atoms with van der Waals surface area (Å²) in [4.78, 5) is 14.9. The van der Waals surface area contributed by atoms with E-state index in [1.165, 1.54) is 4.90 Å². The summed E-state index contributed by atoms with van der Waals surface area (Å²) in [5.41, 5.74) is -0.497. The minimum absolute atomic E-state index is 0.0667. The number of amides is 1. The Morgan fingerprint density at radius 3 is 2.29 bits per heavy atom.